The number of anilines is 1. The number of rotatable bonds is 5. The first-order chi connectivity index (χ1) is 8.81. The van der Waals surface area contributed by atoms with Crippen molar-refractivity contribution in [3.8, 4) is 0 Å². The lowest BCUT2D eigenvalue weighted by Gasteiger charge is -2.14. The number of carboxylic acids is 1. The number of aromatic carboxylic acids is 1. The predicted octanol–water partition coefficient (Wildman–Crippen LogP) is 1.04. The Balaban J connectivity index is 2.27. The van der Waals surface area contributed by atoms with Crippen LogP contribution in [0.1, 0.15) is 30.1 Å². The summed E-state index contributed by atoms with van der Waals surface area (Å²) in [4.78, 5) is 10.7. The quantitative estimate of drug-likeness (QED) is 0.700. The first-order valence-electron chi connectivity index (χ1n) is 5.96. The maximum atomic E-state index is 12.1. The van der Waals surface area contributed by atoms with Crippen molar-refractivity contribution in [1.82, 2.24) is 4.72 Å². The first kappa shape index (κ1) is 13.8. The Bertz CT molecular complexity index is 608. The molecule has 0 radical (unpaired) electrons. The van der Waals surface area contributed by atoms with E-state index in [4.69, 9.17) is 10.8 Å². The van der Waals surface area contributed by atoms with Crippen LogP contribution in [0, 0.1) is 5.92 Å². The fourth-order valence-corrected chi connectivity index (χ4v) is 3.35. The van der Waals surface area contributed by atoms with Crippen molar-refractivity contribution in [2.24, 2.45) is 5.92 Å². The van der Waals surface area contributed by atoms with Crippen LogP contribution < -0.4 is 10.5 Å². The van der Waals surface area contributed by atoms with E-state index in [2.05, 4.69) is 4.72 Å². The molecule has 1 unspecified atom stereocenters. The van der Waals surface area contributed by atoms with Gasteiger partial charge in [-0.3, -0.25) is 0 Å². The van der Waals surface area contributed by atoms with Crippen molar-refractivity contribution >= 4 is 21.7 Å². The summed E-state index contributed by atoms with van der Waals surface area (Å²) in [5, 5.41) is 8.81. The molecule has 2 rings (SSSR count). The minimum atomic E-state index is -3.71. The smallest absolute Gasteiger partial charge is 0.335 e. The molecule has 1 atom stereocenters. The van der Waals surface area contributed by atoms with Crippen molar-refractivity contribution in [3.63, 3.8) is 0 Å². The highest BCUT2D eigenvalue weighted by molar-refractivity contribution is 7.89. The standard InChI is InChI=1S/C12H16N2O4S/c1-7(8-2-3-8)14-19(17,18)11-5-4-9(12(15)16)6-10(11)13/h4-8,14H,2-3,13H2,1H3,(H,15,16). The highest BCUT2D eigenvalue weighted by Gasteiger charge is 2.31. The van der Waals surface area contributed by atoms with E-state index in [0.717, 1.165) is 18.9 Å². The molecule has 0 heterocycles. The van der Waals surface area contributed by atoms with Gasteiger partial charge in [0.2, 0.25) is 10.0 Å². The van der Waals surface area contributed by atoms with Gasteiger partial charge in [0.1, 0.15) is 4.90 Å². The van der Waals surface area contributed by atoms with Gasteiger partial charge in [-0.1, -0.05) is 0 Å². The molecule has 1 saturated carbocycles. The Morgan fingerprint density at radius 3 is 2.58 bits per heavy atom. The fraction of sp³-hybridized carbons (Fsp3) is 0.417. The van der Waals surface area contributed by atoms with Gasteiger partial charge in [0.25, 0.3) is 0 Å². The van der Waals surface area contributed by atoms with Crippen LogP contribution in [0.2, 0.25) is 0 Å². The summed E-state index contributed by atoms with van der Waals surface area (Å²) in [6, 6.07) is 3.47. The van der Waals surface area contributed by atoms with E-state index in [9.17, 15) is 13.2 Å². The largest absolute Gasteiger partial charge is 0.478 e. The highest BCUT2D eigenvalue weighted by atomic mass is 32.2. The third-order valence-corrected chi connectivity index (χ3v) is 4.85. The van der Waals surface area contributed by atoms with Crippen molar-refractivity contribution < 1.29 is 18.3 Å². The Labute approximate surface area is 111 Å². The van der Waals surface area contributed by atoms with Crippen LogP contribution in [0.4, 0.5) is 5.69 Å². The van der Waals surface area contributed by atoms with Gasteiger partial charge < -0.3 is 10.8 Å². The van der Waals surface area contributed by atoms with Gasteiger partial charge in [0.05, 0.1) is 11.3 Å². The van der Waals surface area contributed by atoms with Crippen LogP contribution in [-0.2, 0) is 10.0 Å². The molecule has 1 aromatic rings. The number of sulfonamides is 1. The van der Waals surface area contributed by atoms with Crippen molar-refractivity contribution in [3.05, 3.63) is 23.8 Å². The van der Waals surface area contributed by atoms with E-state index in [1.165, 1.54) is 12.1 Å². The summed E-state index contributed by atoms with van der Waals surface area (Å²) in [6.07, 6.45) is 2.05. The van der Waals surface area contributed by atoms with E-state index in [1.807, 2.05) is 6.92 Å². The summed E-state index contributed by atoms with van der Waals surface area (Å²) in [5.41, 5.74) is 5.53. The van der Waals surface area contributed by atoms with Crippen LogP contribution in [0.3, 0.4) is 0 Å². The molecule has 7 heteroatoms. The molecule has 6 nitrogen and oxygen atoms in total. The summed E-state index contributed by atoms with van der Waals surface area (Å²) in [5.74, 6) is -0.760. The zero-order valence-corrected chi connectivity index (χ0v) is 11.3. The molecule has 19 heavy (non-hydrogen) atoms. The summed E-state index contributed by atoms with van der Waals surface area (Å²) < 4.78 is 26.8. The average Bonchev–Trinajstić information content (AvgIpc) is 3.11. The predicted molar refractivity (Wildman–Crippen MR) is 70.3 cm³/mol. The molecule has 0 aromatic heterocycles. The molecule has 104 valence electrons. The minimum Gasteiger partial charge on any atom is -0.478 e. The molecule has 1 fully saturated rings. The van der Waals surface area contributed by atoms with E-state index in [1.54, 1.807) is 0 Å². The number of nitrogens with one attached hydrogen (secondary N) is 1. The summed E-state index contributed by atoms with van der Waals surface area (Å²) in [7, 11) is -3.71. The molecule has 0 spiro atoms. The number of nitrogen functional groups attached to an aromatic ring is 1. The lowest BCUT2D eigenvalue weighted by atomic mass is 10.2. The monoisotopic (exact) mass is 284 g/mol. The maximum absolute atomic E-state index is 12.1. The molecule has 0 amide bonds. The van der Waals surface area contributed by atoms with Crippen LogP contribution in [0.25, 0.3) is 0 Å². The van der Waals surface area contributed by atoms with Crippen LogP contribution in [0.5, 0.6) is 0 Å². The second kappa shape index (κ2) is 4.82. The number of benzene rings is 1. The average molecular weight is 284 g/mol. The van der Waals surface area contributed by atoms with Crippen LogP contribution in [-0.4, -0.2) is 25.5 Å². The molecular weight excluding hydrogens is 268 g/mol. The molecule has 4 N–H and O–H groups in total. The normalized spacial score (nSPS) is 17.1. The Morgan fingerprint density at radius 1 is 1.47 bits per heavy atom. The third kappa shape index (κ3) is 3.05. The van der Waals surface area contributed by atoms with Gasteiger partial charge in [0, 0.05) is 6.04 Å². The zero-order valence-electron chi connectivity index (χ0n) is 10.5. The summed E-state index contributed by atoms with van der Waals surface area (Å²) >= 11 is 0. The fourth-order valence-electron chi connectivity index (χ4n) is 1.93. The molecule has 1 aliphatic carbocycles. The lowest BCUT2D eigenvalue weighted by Crippen LogP contribution is -2.34. The molecule has 1 aliphatic rings. The SMILES string of the molecule is CC(NS(=O)(=O)c1ccc(C(=O)O)cc1N)C1CC1. The zero-order chi connectivity index (χ0) is 14.2. The number of hydrogen-bond acceptors (Lipinski definition) is 4. The maximum Gasteiger partial charge on any atom is 0.335 e. The second-order valence-corrected chi connectivity index (χ2v) is 6.49. The molecule has 0 saturated heterocycles. The number of carboxylic acid groups (broad SMARTS) is 1. The number of nitrogens with two attached hydrogens (primary N) is 1. The summed E-state index contributed by atoms with van der Waals surface area (Å²) in [6.45, 7) is 1.82. The highest BCUT2D eigenvalue weighted by Crippen LogP contribution is 2.33. The van der Waals surface area contributed by atoms with E-state index >= 15 is 0 Å². The number of carbonyl (C=O) groups is 1. The van der Waals surface area contributed by atoms with Gasteiger partial charge in [-0.15, -0.1) is 0 Å². The van der Waals surface area contributed by atoms with E-state index in [0.29, 0.717) is 5.92 Å². The van der Waals surface area contributed by atoms with Crippen molar-refractivity contribution in [2.45, 2.75) is 30.7 Å². The molecule has 0 aliphatic heterocycles. The molecule has 0 bridgehead atoms. The number of hydrogen-bond donors (Lipinski definition) is 3. The van der Waals surface area contributed by atoms with Gasteiger partial charge in [0.15, 0.2) is 0 Å². The second-order valence-electron chi connectivity index (χ2n) is 4.81. The topological polar surface area (TPSA) is 109 Å². The Kier molecular flexibility index (Phi) is 3.51. The van der Waals surface area contributed by atoms with Gasteiger partial charge in [-0.05, 0) is 43.9 Å². The van der Waals surface area contributed by atoms with E-state index in [-0.39, 0.29) is 22.2 Å². The third-order valence-electron chi connectivity index (χ3n) is 3.22. The van der Waals surface area contributed by atoms with Gasteiger partial charge in [-0.2, -0.15) is 0 Å². The lowest BCUT2D eigenvalue weighted by molar-refractivity contribution is 0.0697. The van der Waals surface area contributed by atoms with Crippen LogP contribution in [0.15, 0.2) is 23.1 Å². The Hall–Kier alpha value is -1.60. The van der Waals surface area contributed by atoms with Crippen LogP contribution >= 0.6 is 0 Å². The minimum absolute atomic E-state index is 0.0355. The van der Waals surface area contributed by atoms with E-state index < -0.39 is 16.0 Å². The van der Waals surface area contributed by atoms with Gasteiger partial charge >= 0.3 is 5.97 Å². The van der Waals surface area contributed by atoms with Crippen molar-refractivity contribution in [2.75, 3.05) is 5.73 Å². The Morgan fingerprint density at radius 2 is 2.11 bits per heavy atom. The van der Waals surface area contributed by atoms with Gasteiger partial charge in [-0.25, -0.2) is 17.9 Å². The molecule has 1 aromatic carbocycles. The molecular formula is C12H16N2O4S. The first-order valence-corrected chi connectivity index (χ1v) is 7.45. The van der Waals surface area contributed by atoms with Crippen molar-refractivity contribution in [1.29, 1.82) is 0 Å².